The van der Waals surface area contributed by atoms with Gasteiger partial charge in [0, 0.05) is 14.5 Å². The maximum Gasteiger partial charge on any atom is 0.189 e. The third kappa shape index (κ3) is 3.44. The van der Waals surface area contributed by atoms with Gasteiger partial charge in [-0.1, -0.05) is 40.2 Å². The molecular weight excluding hydrogens is 420 g/mol. The molecule has 0 fully saturated rings. The molecule has 110 valence electrons. The van der Waals surface area contributed by atoms with Gasteiger partial charge in [0.15, 0.2) is 15.6 Å². The zero-order valence-electron chi connectivity index (χ0n) is 11.1. The highest BCUT2D eigenvalue weighted by atomic mass is 79.9. The first kappa shape index (κ1) is 16.4. The van der Waals surface area contributed by atoms with Crippen molar-refractivity contribution in [1.29, 1.82) is 0 Å². The van der Waals surface area contributed by atoms with Crippen molar-refractivity contribution in [3.8, 4) is 0 Å². The molecule has 2 aromatic rings. The predicted octanol–water partition coefficient (Wildman–Crippen LogP) is 4.26. The van der Waals surface area contributed by atoms with Gasteiger partial charge in [-0.25, -0.2) is 8.42 Å². The van der Waals surface area contributed by atoms with Crippen LogP contribution in [0.2, 0.25) is 0 Å². The third-order valence-electron chi connectivity index (χ3n) is 3.11. The zero-order valence-corrected chi connectivity index (χ0v) is 15.1. The summed E-state index contributed by atoms with van der Waals surface area (Å²) in [5.74, 6) is -0.418. The van der Waals surface area contributed by atoms with Crippen molar-refractivity contribution in [1.82, 2.24) is 0 Å². The Morgan fingerprint density at radius 2 is 1.57 bits per heavy atom. The van der Waals surface area contributed by atoms with Crippen LogP contribution in [0.25, 0.3) is 0 Å². The Labute approximate surface area is 140 Å². The normalized spacial score (nSPS) is 12.9. The molecule has 0 aliphatic carbocycles. The highest BCUT2D eigenvalue weighted by Crippen LogP contribution is 2.26. The summed E-state index contributed by atoms with van der Waals surface area (Å²) < 4.78 is 26.4. The number of hydrogen-bond donors (Lipinski definition) is 0. The summed E-state index contributed by atoms with van der Waals surface area (Å²) in [5.41, 5.74) is 0.376. The van der Waals surface area contributed by atoms with Crippen molar-refractivity contribution in [3.63, 3.8) is 0 Å². The molecule has 0 radical (unpaired) electrons. The average molecular weight is 432 g/mol. The highest BCUT2D eigenvalue weighted by Gasteiger charge is 2.31. The lowest BCUT2D eigenvalue weighted by molar-refractivity contribution is 0.0991. The monoisotopic (exact) mass is 430 g/mol. The van der Waals surface area contributed by atoms with E-state index in [9.17, 15) is 13.2 Å². The Morgan fingerprint density at radius 1 is 1.00 bits per heavy atom. The Morgan fingerprint density at radius 3 is 2.14 bits per heavy atom. The van der Waals surface area contributed by atoms with Crippen molar-refractivity contribution >= 4 is 47.5 Å². The number of carbonyl (C=O) groups is 1. The zero-order chi connectivity index (χ0) is 15.6. The Kier molecular flexibility index (Phi) is 5.01. The Hall–Kier alpha value is -0.980. The van der Waals surface area contributed by atoms with E-state index in [1.165, 1.54) is 13.0 Å². The van der Waals surface area contributed by atoms with E-state index in [0.29, 0.717) is 10.0 Å². The van der Waals surface area contributed by atoms with Crippen molar-refractivity contribution < 1.29 is 13.2 Å². The molecule has 3 nitrogen and oxygen atoms in total. The predicted molar refractivity (Wildman–Crippen MR) is 89.3 cm³/mol. The average Bonchev–Trinajstić information content (AvgIpc) is 2.46. The van der Waals surface area contributed by atoms with Gasteiger partial charge in [0.25, 0.3) is 0 Å². The fourth-order valence-corrected chi connectivity index (χ4v) is 4.49. The number of halogens is 2. The van der Waals surface area contributed by atoms with Crippen LogP contribution in [0, 0.1) is 0 Å². The summed E-state index contributed by atoms with van der Waals surface area (Å²) in [5, 5.41) is -1.14. The molecule has 6 heteroatoms. The van der Waals surface area contributed by atoms with Crippen molar-refractivity contribution in [3.05, 3.63) is 63.0 Å². The molecule has 0 spiro atoms. The fourth-order valence-electron chi connectivity index (χ4n) is 1.86. The minimum Gasteiger partial charge on any atom is -0.293 e. The number of benzene rings is 2. The summed E-state index contributed by atoms with van der Waals surface area (Å²) in [7, 11) is -3.74. The van der Waals surface area contributed by atoms with E-state index in [1.807, 2.05) is 0 Å². The van der Waals surface area contributed by atoms with Gasteiger partial charge in [-0.05, 0) is 47.1 Å². The highest BCUT2D eigenvalue weighted by molar-refractivity contribution is 9.10. The topological polar surface area (TPSA) is 51.2 Å². The lowest BCUT2D eigenvalue weighted by Gasteiger charge is -2.13. The minimum atomic E-state index is -3.74. The van der Waals surface area contributed by atoms with E-state index in [4.69, 9.17) is 0 Å². The lowest BCUT2D eigenvalue weighted by atomic mass is 10.1. The van der Waals surface area contributed by atoms with Gasteiger partial charge in [0.1, 0.15) is 5.25 Å². The molecule has 0 heterocycles. The molecule has 0 saturated heterocycles. The summed E-state index contributed by atoms with van der Waals surface area (Å²) in [4.78, 5) is 12.5. The summed E-state index contributed by atoms with van der Waals surface area (Å²) in [6.07, 6.45) is 0. The number of carbonyl (C=O) groups excluding carboxylic acids is 1. The SMILES string of the molecule is CC(C(=O)c1ccc(Br)cc1)S(=O)(=O)c1ccccc1Br. The van der Waals surface area contributed by atoms with Gasteiger partial charge in [-0.3, -0.25) is 4.79 Å². The molecule has 1 atom stereocenters. The molecule has 1 unspecified atom stereocenters. The number of hydrogen-bond acceptors (Lipinski definition) is 3. The van der Waals surface area contributed by atoms with E-state index in [-0.39, 0.29) is 4.90 Å². The number of rotatable bonds is 4. The first-order chi connectivity index (χ1) is 9.84. The van der Waals surface area contributed by atoms with Crippen LogP contribution >= 0.6 is 31.9 Å². The number of sulfone groups is 1. The van der Waals surface area contributed by atoms with Crippen LogP contribution in [0.1, 0.15) is 17.3 Å². The van der Waals surface area contributed by atoms with E-state index in [0.717, 1.165) is 4.47 Å². The molecule has 0 bridgehead atoms. The van der Waals surface area contributed by atoms with E-state index in [2.05, 4.69) is 31.9 Å². The molecule has 2 aromatic carbocycles. The Bertz CT molecular complexity index is 768. The van der Waals surface area contributed by atoms with Crippen LogP contribution in [0.5, 0.6) is 0 Å². The quantitative estimate of drug-likeness (QED) is 0.679. The third-order valence-corrected chi connectivity index (χ3v) is 6.70. The van der Waals surface area contributed by atoms with Crippen LogP contribution in [-0.4, -0.2) is 19.5 Å². The summed E-state index contributed by atoms with van der Waals surface area (Å²) in [6, 6.07) is 13.1. The van der Waals surface area contributed by atoms with E-state index < -0.39 is 20.9 Å². The number of ketones is 1. The molecular formula is C15H12Br2O3S. The van der Waals surface area contributed by atoms with Crippen LogP contribution in [0.3, 0.4) is 0 Å². The van der Waals surface area contributed by atoms with Gasteiger partial charge in [0.05, 0.1) is 4.90 Å². The molecule has 0 N–H and O–H groups in total. The second-order valence-corrected chi connectivity index (χ2v) is 8.50. The first-order valence-electron chi connectivity index (χ1n) is 6.12. The van der Waals surface area contributed by atoms with Crippen LogP contribution in [-0.2, 0) is 9.84 Å². The molecule has 0 saturated carbocycles. The van der Waals surface area contributed by atoms with Gasteiger partial charge in [0.2, 0.25) is 0 Å². The van der Waals surface area contributed by atoms with Crippen molar-refractivity contribution in [2.75, 3.05) is 0 Å². The fraction of sp³-hybridized carbons (Fsp3) is 0.133. The maximum absolute atomic E-state index is 12.6. The van der Waals surface area contributed by atoms with Crippen LogP contribution in [0.4, 0.5) is 0 Å². The summed E-state index contributed by atoms with van der Waals surface area (Å²) in [6.45, 7) is 1.42. The largest absolute Gasteiger partial charge is 0.293 e. The molecule has 0 amide bonds. The van der Waals surface area contributed by atoms with Crippen LogP contribution < -0.4 is 0 Å². The first-order valence-corrected chi connectivity index (χ1v) is 9.25. The van der Waals surface area contributed by atoms with Gasteiger partial charge in [-0.2, -0.15) is 0 Å². The maximum atomic E-state index is 12.6. The van der Waals surface area contributed by atoms with Gasteiger partial charge >= 0.3 is 0 Å². The van der Waals surface area contributed by atoms with Crippen LogP contribution in [0.15, 0.2) is 62.4 Å². The molecule has 0 aliphatic rings. The molecule has 21 heavy (non-hydrogen) atoms. The Balaban J connectivity index is 2.39. The molecule has 2 rings (SSSR count). The van der Waals surface area contributed by atoms with E-state index in [1.54, 1.807) is 42.5 Å². The van der Waals surface area contributed by atoms with Crippen molar-refractivity contribution in [2.24, 2.45) is 0 Å². The second kappa shape index (κ2) is 6.42. The number of Topliss-reactive ketones (excluding diaryl/α,β-unsaturated/α-hetero) is 1. The molecule has 0 aliphatic heterocycles. The molecule has 0 aromatic heterocycles. The standard InChI is InChI=1S/C15H12Br2O3S/c1-10(15(18)11-6-8-12(16)9-7-11)21(19,20)14-5-3-2-4-13(14)17/h2-10H,1H3. The van der Waals surface area contributed by atoms with E-state index >= 15 is 0 Å². The van der Waals surface area contributed by atoms with Gasteiger partial charge in [-0.15, -0.1) is 0 Å². The van der Waals surface area contributed by atoms with Crippen molar-refractivity contribution in [2.45, 2.75) is 17.1 Å². The van der Waals surface area contributed by atoms with Gasteiger partial charge < -0.3 is 0 Å². The lowest BCUT2D eigenvalue weighted by Crippen LogP contribution is -2.27. The smallest absolute Gasteiger partial charge is 0.189 e. The summed E-state index contributed by atoms with van der Waals surface area (Å²) >= 11 is 6.50. The second-order valence-electron chi connectivity index (χ2n) is 4.49. The minimum absolute atomic E-state index is 0.128.